The maximum atomic E-state index is 5.79. The quantitative estimate of drug-likeness (QED) is 0.801. The van der Waals surface area contributed by atoms with E-state index in [-0.39, 0.29) is 6.04 Å². The van der Waals surface area contributed by atoms with E-state index >= 15 is 0 Å². The molecule has 3 nitrogen and oxygen atoms in total. The Morgan fingerprint density at radius 2 is 1.93 bits per heavy atom. The van der Waals surface area contributed by atoms with E-state index in [1.54, 1.807) is 7.11 Å². The van der Waals surface area contributed by atoms with Crippen LogP contribution in [0.25, 0.3) is 0 Å². The fourth-order valence-electron chi connectivity index (χ4n) is 1.39. The molecule has 84 valence electrons. The summed E-state index contributed by atoms with van der Waals surface area (Å²) in [6, 6.07) is 8.43. The number of ether oxygens (including phenoxy) is 1. The molecular weight excluding hydrogens is 188 g/mol. The lowest BCUT2D eigenvalue weighted by Gasteiger charge is -2.19. The number of hydrogen-bond acceptors (Lipinski definition) is 3. The molecule has 0 fully saturated rings. The number of anilines is 1. The van der Waals surface area contributed by atoms with Gasteiger partial charge in [0.05, 0.1) is 6.61 Å². The van der Waals surface area contributed by atoms with Gasteiger partial charge in [-0.1, -0.05) is 12.1 Å². The molecular formula is C12H20N2O. The molecule has 0 unspecified atom stereocenters. The third-order valence-electron chi connectivity index (χ3n) is 2.49. The van der Waals surface area contributed by atoms with Crippen LogP contribution in [-0.2, 0) is 4.74 Å². The molecule has 15 heavy (non-hydrogen) atoms. The lowest BCUT2D eigenvalue weighted by molar-refractivity contribution is 0.206. The molecule has 0 aromatic heterocycles. The van der Waals surface area contributed by atoms with E-state index < -0.39 is 0 Å². The fourth-order valence-corrected chi connectivity index (χ4v) is 1.39. The summed E-state index contributed by atoms with van der Waals surface area (Å²) in [6.45, 7) is 3.63. The van der Waals surface area contributed by atoms with Crippen molar-refractivity contribution in [3.05, 3.63) is 29.8 Å². The highest BCUT2D eigenvalue weighted by atomic mass is 16.5. The first-order valence-electron chi connectivity index (χ1n) is 5.20. The Balaban J connectivity index is 2.62. The molecule has 1 aromatic rings. The average Bonchev–Trinajstić information content (AvgIpc) is 2.26. The zero-order valence-corrected chi connectivity index (χ0v) is 9.73. The number of nitrogens with two attached hydrogens (primary N) is 1. The molecule has 0 heterocycles. The van der Waals surface area contributed by atoms with Crippen molar-refractivity contribution in [3.8, 4) is 0 Å². The molecule has 1 aromatic carbocycles. The van der Waals surface area contributed by atoms with Crippen LogP contribution in [0.5, 0.6) is 0 Å². The van der Waals surface area contributed by atoms with Crippen LogP contribution in [0.2, 0.25) is 0 Å². The van der Waals surface area contributed by atoms with Crippen LogP contribution in [0.15, 0.2) is 24.3 Å². The summed E-state index contributed by atoms with van der Waals surface area (Å²) in [6.07, 6.45) is 0. The van der Waals surface area contributed by atoms with Crippen LogP contribution in [0, 0.1) is 0 Å². The highest BCUT2D eigenvalue weighted by Gasteiger charge is 2.02. The molecule has 0 saturated heterocycles. The number of nitrogens with zero attached hydrogens (tertiary/aromatic N) is 1. The van der Waals surface area contributed by atoms with Crippen molar-refractivity contribution in [1.82, 2.24) is 0 Å². The molecule has 1 rings (SSSR count). The van der Waals surface area contributed by atoms with E-state index in [2.05, 4.69) is 36.2 Å². The molecule has 3 heteroatoms. The summed E-state index contributed by atoms with van der Waals surface area (Å²) in [5.74, 6) is 0. The maximum absolute atomic E-state index is 5.79. The van der Waals surface area contributed by atoms with Gasteiger partial charge in [0.1, 0.15) is 0 Å². The monoisotopic (exact) mass is 208 g/mol. The Labute approximate surface area is 91.8 Å². The normalized spacial score (nSPS) is 12.5. The van der Waals surface area contributed by atoms with Gasteiger partial charge in [-0.05, 0) is 24.6 Å². The number of benzene rings is 1. The Hall–Kier alpha value is -1.06. The Kier molecular flexibility index (Phi) is 4.59. The second kappa shape index (κ2) is 5.73. The molecule has 2 N–H and O–H groups in total. The minimum atomic E-state index is 0.100. The predicted octanol–water partition coefficient (Wildman–Crippen LogP) is 1.79. The van der Waals surface area contributed by atoms with Crippen molar-refractivity contribution < 1.29 is 4.74 Å². The highest BCUT2D eigenvalue weighted by Crippen LogP contribution is 2.16. The molecule has 0 amide bonds. The van der Waals surface area contributed by atoms with Gasteiger partial charge in [-0.3, -0.25) is 0 Å². The molecule has 0 saturated carbocycles. The number of rotatable bonds is 5. The van der Waals surface area contributed by atoms with Gasteiger partial charge < -0.3 is 15.4 Å². The van der Waals surface area contributed by atoms with Gasteiger partial charge in [-0.25, -0.2) is 0 Å². The topological polar surface area (TPSA) is 38.5 Å². The highest BCUT2D eigenvalue weighted by molar-refractivity contribution is 5.47. The van der Waals surface area contributed by atoms with Crippen LogP contribution < -0.4 is 10.6 Å². The summed E-state index contributed by atoms with van der Waals surface area (Å²) in [4.78, 5) is 2.16. The summed E-state index contributed by atoms with van der Waals surface area (Å²) in [5.41, 5.74) is 8.14. The van der Waals surface area contributed by atoms with E-state index in [1.807, 2.05) is 6.92 Å². The van der Waals surface area contributed by atoms with Gasteiger partial charge in [0.2, 0.25) is 0 Å². The van der Waals surface area contributed by atoms with Crippen molar-refractivity contribution in [1.29, 1.82) is 0 Å². The molecule has 0 aliphatic carbocycles. The molecule has 0 aliphatic rings. The molecule has 1 atom stereocenters. The molecule has 0 spiro atoms. The lowest BCUT2D eigenvalue weighted by atomic mass is 10.1. The largest absolute Gasteiger partial charge is 0.383 e. The van der Waals surface area contributed by atoms with Gasteiger partial charge in [-0.15, -0.1) is 0 Å². The zero-order valence-electron chi connectivity index (χ0n) is 9.73. The number of hydrogen-bond donors (Lipinski definition) is 1. The average molecular weight is 208 g/mol. The van der Waals surface area contributed by atoms with Crippen LogP contribution in [0.4, 0.5) is 5.69 Å². The summed E-state index contributed by atoms with van der Waals surface area (Å²) >= 11 is 0. The first-order valence-corrected chi connectivity index (χ1v) is 5.20. The number of likely N-dealkylation sites (N-methyl/N-ethyl adjacent to an activating group) is 1. The van der Waals surface area contributed by atoms with Crippen molar-refractivity contribution >= 4 is 5.69 Å². The standard InChI is InChI=1S/C12H20N2O/c1-10(13)11-4-6-12(7-5-11)14(2)8-9-15-3/h4-7,10H,8-9,13H2,1-3H3/t10-/m0/s1. The maximum Gasteiger partial charge on any atom is 0.0637 e. The van der Waals surface area contributed by atoms with Gasteiger partial charge in [-0.2, -0.15) is 0 Å². The van der Waals surface area contributed by atoms with Crippen molar-refractivity contribution in [2.75, 3.05) is 32.2 Å². The van der Waals surface area contributed by atoms with Gasteiger partial charge in [0.15, 0.2) is 0 Å². The van der Waals surface area contributed by atoms with Crippen LogP contribution in [0.3, 0.4) is 0 Å². The predicted molar refractivity (Wildman–Crippen MR) is 64.2 cm³/mol. The molecule has 0 aliphatic heterocycles. The molecule has 0 radical (unpaired) electrons. The second-order valence-electron chi connectivity index (χ2n) is 3.79. The minimum absolute atomic E-state index is 0.100. The second-order valence-corrected chi connectivity index (χ2v) is 3.79. The fraction of sp³-hybridized carbons (Fsp3) is 0.500. The third kappa shape index (κ3) is 3.53. The minimum Gasteiger partial charge on any atom is -0.383 e. The molecule has 0 bridgehead atoms. The Bertz CT molecular complexity index is 282. The summed E-state index contributed by atoms with van der Waals surface area (Å²) in [7, 11) is 3.77. The summed E-state index contributed by atoms with van der Waals surface area (Å²) in [5, 5.41) is 0. The SMILES string of the molecule is COCCN(C)c1ccc([C@H](C)N)cc1. The lowest BCUT2D eigenvalue weighted by Crippen LogP contribution is -2.21. The van der Waals surface area contributed by atoms with Crippen LogP contribution in [0.1, 0.15) is 18.5 Å². The van der Waals surface area contributed by atoms with E-state index in [0.717, 1.165) is 13.2 Å². The first-order chi connectivity index (χ1) is 7.15. The third-order valence-corrected chi connectivity index (χ3v) is 2.49. The van der Waals surface area contributed by atoms with E-state index in [9.17, 15) is 0 Å². The Morgan fingerprint density at radius 1 is 1.33 bits per heavy atom. The summed E-state index contributed by atoms with van der Waals surface area (Å²) < 4.78 is 5.03. The van der Waals surface area contributed by atoms with Gasteiger partial charge >= 0.3 is 0 Å². The van der Waals surface area contributed by atoms with E-state index in [1.165, 1.54) is 11.3 Å². The smallest absolute Gasteiger partial charge is 0.0637 e. The number of methoxy groups -OCH3 is 1. The van der Waals surface area contributed by atoms with Crippen molar-refractivity contribution in [3.63, 3.8) is 0 Å². The van der Waals surface area contributed by atoms with E-state index in [4.69, 9.17) is 10.5 Å². The van der Waals surface area contributed by atoms with Gasteiger partial charge in [0.25, 0.3) is 0 Å². The van der Waals surface area contributed by atoms with Gasteiger partial charge in [0, 0.05) is 32.4 Å². The Morgan fingerprint density at radius 3 is 2.40 bits per heavy atom. The van der Waals surface area contributed by atoms with Crippen molar-refractivity contribution in [2.24, 2.45) is 5.73 Å². The van der Waals surface area contributed by atoms with Crippen molar-refractivity contribution in [2.45, 2.75) is 13.0 Å². The van der Waals surface area contributed by atoms with Crippen LogP contribution >= 0.6 is 0 Å². The van der Waals surface area contributed by atoms with Crippen LogP contribution in [-0.4, -0.2) is 27.3 Å². The first kappa shape index (κ1) is 12.0. The zero-order chi connectivity index (χ0) is 11.3. The van der Waals surface area contributed by atoms with E-state index in [0.29, 0.717) is 0 Å².